The number of benzene rings is 1. The van der Waals surface area contributed by atoms with Gasteiger partial charge in [-0.25, -0.2) is 14.2 Å². The van der Waals surface area contributed by atoms with Crippen molar-refractivity contribution in [2.75, 3.05) is 0 Å². The number of halogens is 1. The largest absolute Gasteiger partial charge is 0.478 e. The summed E-state index contributed by atoms with van der Waals surface area (Å²) in [5.74, 6) is -1.66. The molecule has 5 heteroatoms. The third kappa shape index (κ3) is 3.22. The normalized spacial score (nSPS) is 11.6. The average molecular weight is 293 g/mol. The first-order valence-corrected chi connectivity index (χ1v) is 7.12. The van der Waals surface area contributed by atoms with E-state index in [9.17, 15) is 9.18 Å². The molecule has 0 fully saturated rings. The first kappa shape index (κ1) is 14.7. The van der Waals surface area contributed by atoms with Crippen LogP contribution >= 0.6 is 11.3 Å². The van der Waals surface area contributed by atoms with Crippen LogP contribution in [0.3, 0.4) is 0 Å². The molecule has 0 saturated carbocycles. The summed E-state index contributed by atoms with van der Waals surface area (Å²) in [4.78, 5) is 15.7. The van der Waals surface area contributed by atoms with Crippen molar-refractivity contribution in [3.63, 3.8) is 0 Å². The van der Waals surface area contributed by atoms with Crippen LogP contribution in [0.4, 0.5) is 4.39 Å². The summed E-state index contributed by atoms with van der Waals surface area (Å²) in [6, 6.07) is 3.84. The maximum atomic E-state index is 13.1. The van der Waals surface area contributed by atoms with E-state index in [-0.39, 0.29) is 11.0 Å². The summed E-state index contributed by atoms with van der Waals surface area (Å²) in [5.41, 5.74) is 1.52. The van der Waals surface area contributed by atoms with E-state index < -0.39 is 11.8 Å². The lowest BCUT2D eigenvalue weighted by molar-refractivity contribution is 0.0695. The number of hydrogen-bond donors (Lipinski definition) is 1. The van der Waals surface area contributed by atoms with Crippen molar-refractivity contribution in [3.8, 4) is 0 Å². The van der Waals surface area contributed by atoms with E-state index in [2.05, 4.69) is 25.8 Å². The number of carboxylic acid groups (broad SMARTS) is 1. The van der Waals surface area contributed by atoms with Gasteiger partial charge in [0.1, 0.15) is 5.82 Å². The average Bonchev–Trinajstić information content (AvgIpc) is 2.79. The predicted octanol–water partition coefficient (Wildman–Crippen LogP) is 3.87. The Balaban J connectivity index is 2.31. The highest BCUT2D eigenvalue weighted by Gasteiger charge is 2.18. The summed E-state index contributed by atoms with van der Waals surface area (Å²) in [5, 5.41) is 11.9. The van der Waals surface area contributed by atoms with Crippen molar-refractivity contribution < 1.29 is 14.3 Å². The molecule has 0 bridgehead atoms. The smallest absolute Gasteiger partial charge is 0.336 e. The van der Waals surface area contributed by atoms with Gasteiger partial charge in [-0.3, -0.25) is 0 Å². The van der Waals surface area contributed by atoms with Gasteiger partial charge in [0.2, 0.25) is 0 Å². The summed E-state index contributed by atoms with van der Waals surface area (Å²) >= 11 is 1.50. The van der Waals surface area contributed by atoms with Crippen molar-refractivity contribution in [1.29, 1.82) is 0 Å². The van der Waals surface area contributed by atoms with Crippen LogP contribution in [0.5, 0.6) is 0 Å². The van der Waals surface area contributed by atoms with Crippen molar-refractivity contribution in [1.82, 2.24) is 4.98 Å². The van der Waals surface area contributed by atoms with E-state index in [1.54, 1.807) is 0 Å². The van der Waals surface area contributed by atoms with Gasteiger partial charge in [0.15, 0.2) is 0 Å². The van der Waals surface area contributed by atoms with Crippen molar-refractivity contribution >= 4 is 17.3 Å². The van der Waals surface area contributed by atoms with Crippen LogP contribution in [0.15, 0.2) is 23.6 Å². The van der Waals surface area contributed by atoms with Crippen molar-refractivity contribution in [3.05, 3.63) is 51.2 Å². The molecule has 0 aliphatic rings. The lowest BCUT2D eigenvalue weighted by Crippen LogP contribution is -2.11. The summed E-state index contributed by atoms with van der Waals surface area (Å²) < 4.78 is 13.1. The second-order valence-corrected chi connectivity index (χ2v) is 6.60. The summed E-state index contributed by atoms with van der Waals surface area (Å²) in [6.07, 6.45) is 0.405. The number of hydrogen-bond acceptors (Lipinski definition) is 3. The zero-order chi connectivity index (χ0) is 14.9. The Morgan fingerprint density at radius 1 is 1.40 bits per heavy atom. The van der Waals surface area contributed by atoms with E-state index >= 15 is 0 Å². The molecular weight excluding hydrogens is 277 g/mol. The highest BCUT2D eigenvalue weighted by Crippen LogP contribution is 2.26. The number of rotatable bonds is 3. The molecule has 0 saturated heterocycles. The number of thiazole rings is 1. The molecule has 0 aliphatic carbocycles. The van der Waals surface area contributed by atoms with Crippen molar-refractivity contribution in [2.24, 2.45) is 0 Å². The van der Waals surface area contributed by atoms with Gasteiger partial charge in [-0.15, -0.1) is 11.3 Å². The predicted molar refractivity (Wildman–Crippen MR) is 77.0 cm³/mol. The molecule has 2 rings (SSSR count). The Labute approximate surface area is 121 Å². The first-order valence-electron chi connectivity index (χ1n) is 6.24. The molecule has 1 heterocycles. The van der Waals surface area contributed by atoms with E-state index in [1.165, 1.54) is 23.5 Å². The third-order valence-electron chi connectivity index (χ3n) is 2.96. The highest BCUT2D eigenvalue weighted by molar-refractivity contribution is 7.09. The zero-order valence-corrected chi connectivity index (χ0v) is 12.4. The van der Waals surface area contributed by atoms with Gasteiger partial charge in [-0.05, 0) is 17.7 Å². The number of carbonyl (C=O) groups is 1. The molecule has 0 radical (unpaired) electrons. The van der Waals surface area contributed by atoms with Crippen LogP contribution in [-0.4, -0.2) is 16.1 Å². The topological polar surface area (TPSA) is 50.2 Å². The number of aromatic carboxylic acids is 1. The molecule has 0 atom stereocenters. The highest BCUT2D eigenvalue weighted by atomic mass is 32.1. The van der Waals surface area contributed by atoms with Gasteiger partial charge in [-0.1, -0.05) is 26.8 Å². The first-order chi connectivity index (χ1) is 9.27. The molecule has 0 spiro atoms. The van der Waals surface area contributed by atoms with E-state index in [0.717, 1.165) is 16.8 Å². The minimum absolute atomic E-state index is 0.00231. The molecule has 106 valence electrons. The Morgan fingerprint density at radius 2 is 2.10 bits per heavy atom. The van der Waals surface area contributed by atoms with Gasteiger partial charge >= 0.3 is 5.97 Å². The van der Waals surface area contributed by atoms with Gasteiger partial charge in [0.05, 0.1) is 16.3 Å². The number of carboxylic acids is 1. The number of nitrogens with zero attached hydrogens (tertiary/aromatic N) is 1. The molecule has 3 nitrogen and oxygen atoms in total. The van der Waals surface area contributed by atoms with Gasteiger partial charge in [-0.2, -0.15) is 0 Å². The van der Waals surface area contributed by atoms with Crippen LogP contribution in [0.1, 0.15) is 47.4 Å². The SMILES string of the molecule is CC(C)(C)c1csc(Cc2ccc(F)cc2C(=O)O)n1. The molecular formula is C15H16FNO2S. The zero-order valence-electron chi connectivity index (χ0n) is 11.6. The Bertz CT molecular complexity index is 644. The molecule has 20 heavy (non-hydrogen) atoms. The molecule has 1 aromatic heterocycles. The second kappa shape index (κ2) is 5.32. The van der Waals surface area contributed by atoms with Gasteiger partial charge in [0.25, 0.3) is 0 Å². The van der Waals surface area contributed by atoms with Gasteiger partial charge < -0.3 is 5.11 Å². The number of aromatic nitrogens is 1. The molecule has 0 aliphatic heterocycles. The molecule has 0 amide bonds. The van der Waals surface area contributed by atoms with Crippen LogP contribution < -0.4 is 0 Å². The third-order valence-corrected chi connectivity index (χ3v) is 3.81. The fraction of sp³-hybridized carbons (Fsp3) is 0.333. The van der Waals surface area contributed by atoms with E-state index in [0.29, 0.717) is 12.0 Å². The molecule has 2 aromatic rings. The molecule has 1 N–H and O–H groups in total. The van der Waals surface area contributed by atoms with E-state index in [1.807, 2.05) is 5.38 Å². The Hall–Kier alpha value is -1.75. The fourth-order valence-corrected chi connectivity index (χ4v) is 2.85. The van der Waals surface area contributed by atoms with Crippen LogP contribution in [0, 0.1) is 5.82 Å². The molecule has 1 aromatic carbocycles. The Morgan fingerprint density at radius 3 is 2.65 bits per heavy atom. The molecule has 0 unspecified atom stereocenters. The standard InChI is InChI=1S/C15H16FNO2S/c1-15(2,3)12-8-20-13(17-12)6-9-4-5-10(16)7-11(9)14(18)19/h4-5,7-8H,6H2,1-3H3,(H,18,19). The van der Waals surface area contributed by atoms with E-state index in [4.69, 9.17) is 5.11 Å². The van der Waals surface area contributed by atoms with Gasteiger partial charge in [0, 0.05) is 17.2 Å². The lowest BCUT2D eigenvalue weighted by atomic mass is 9.93. The van der Waals surface area contributed by atoms with Crippen LogP contribution in [0.25, 0.3) is 0 Å². The maximum Gasteiger partial charge on any atom is 0.336 e. The second-order valence-electron chi connectivity index (χ2n) is 5.66. The fourth-order valence-electron chi connectivity index (χ4n) is 1.80. The summed E-state index contributed by atoms with van der Waals surface area (Å²) in [7, 11) is 0. The van der Waals surface area contributed by atoms with Crippen LogP contribution in [-0.2, 0) is 11.8 Å². The minimum atomic E-state index is -1.12. The maximum absolute atomic E-state index is 13.1. The van der Waals surface area contributed by atoms with Crippen molar-refractivity contribution in [2.45, 2.75) is 32.6 Å². The minimum Gasteiger partial charge on any atom is -0.478 e. The quantitative estimate of drug-likeness (QED) is 0.934. The monoisotopic (exact) mass is 293 g/mol. The van der Waals surface area contributed by atoms with Crippen LogP contribution in [0.2, 0.25) is 0 Å². The lowest BCUT2D eigenvalue weighted by Gasteiger charge is -2.14. The summed E-state index contributed by atoms with van der Waals surface area (Å²) in [6.45, 7) is 6.23. The Kier molecular flexibility index (Phi) is 3.90.